The van der Waals surface area contributed by atoms with E-state index < -0.39 is 5.97 Å². The van der Waals surface area contributed by atoms with Crippen LogP contribution in [0, 0.1) is 0 Å². The highest BCUT2D eigenvalue weighted by Crippen LogP contribution is 2.18. The Kier molecular flexibility index (Phi) is 4.36. The van der Waals surface area contributed by atoms with Crippen LogP contribution in [-0.2, 0) is 14.3 Å². The van der Waals surface area contributed by atoms with E-state index in [4.69, 9.17) is 14.2 Å². The monoisotopic (exact) mass is 248 g/mol. The molecule has 0 spiro atoms. The first kappa shape index (κ1) is 12.6. The molecule has 4 heteroatoms. The van der Waals surface area contributed by atoms with Crippen LogP contribution in [0.1, 0.15) is 19.8 Å². The second-order valence-corrected chi connectivity index (χ2v) is 3.92. The minimum atomic E-state index is -0.501. The molecule has 18 heavy (non-hydrogen) atoms. The summed E-state index contributed by atoms with van der Waals surface area (Å²) in [5.41, 5.74) is 0. The van der Waals surface area contributed by atoms with Crippen LogP contribution in [0.15, 0.2) is 42.2 Å². The Morgan fingerprint density at radius 1 is 1.39 bits per heavy atom. The van der Waals surface area contributed by atoms with Gasteiger partial charge in [-0.3, -0.25) is 0 Å². The molecular weight excluding hydrogens is 232 g/mol. The number of allylic oxidation sites excluding steroid dienone is 1. The van der Waals surface area contributed by atoms with Crippen LogP contribution in [0.5, 0.6) is 5.75 Å². The third kappa shape index (κ3) is 3.34. The highest BCUT2D eigenvalue weighted by Gasteiger charge is 2.22. The van der Waals surface area contributed by atoms with Crippen molar-refractivity contribution in [3.05, 3.63) is 42.2 Å². The Morgan fingerprint density at radius 2 is 2.17 bits per heavy atom. The van der Waals surface area contributed by atoms with Crippen molar-refractivity contribution < 1.29 is 19.0 Å². The van der Waals surface area contributed by atoms with Crippen LogP contribution in [0.4, 0.5) is 0 Å². The van der Waals surface area contributed by atoms with Crippen LogP contribution in [0.25, 0.3) is 0 Å². The number of rotatable bonds is 4. The fourth-order valence-electron chi connectivity index (χ4n) is 1.66. The number of esters is 1. The van der Waals surface area contributed by atoms with Gasteiger partial charge in [0.2, 0.25) is 5.76 Å². The van der Waals surface area contributed by atoms with E-state index in [2.05, 4.69) is 0 Å². The number of benzene rings is 1. The van der Waals surface area contributed by atoms with Gasteiger partial charge in [0.1, 0.15) is 5.75 Å². The number of carbonyl (C=O) groups excluding carboxylic acids is 1. The van der Waals surface area contributed by atoms with Crippen molar-refractivity contribution in [1.82, 2.24) is 0 Å². The van der Waals surface area contributed by atoms with Crippen LogP contribution in [0.2, 0.25) is 0 Å². The molecule has 1 atom stereocenters. The Hall–Kier alpha value is -1.81. The fraction of sp³-hybridized carbons (Fsp3) is 0.357. The average molecular weight is 248 g/mol. The molecule has 96 valence electrons. The van der Waals surface area contributed by atoms with Gasteiger partial charge >= 0.3 is 5.97 Å². The SMILES string of the molecule is C/C=C(/O[C@@H]1CCCO1)C(=O)Oc1ccccc1. The first-order valence-corrected chi connectivity index (χ1v) is 6.01. The second-order valence-electron chi connectivity index (χ2n) is 3.92. The maximum absolute atomic E-state index is 11.9. The number of hydrogen-bond acceptors (Lipinski definition) is 4. The van der Waals surface area contributed by atoms with E-state index in [-0.39, 0.29) is 12.0 Å². The third-order valence-electron chi connectivity index (χ3n) is 2.56. The van der Waals surface area contributed by atoms with Gasteiger partial charge in [0, 0.05) is 6.42 Å². The predicted molar refractivity (Wildman–Crippen MR) is 65.9 cm³/mol. The Balaban J connectivity index is 1.93. The molecule has 0 unspecified atom stereocenters. The van der Waals surface area contributed by atoms with Crippen LogP contribution >= 0.6 is 0 Å². The van der Waals surface area contributed by atoms with Crippen LogP contribution in [-0.4, -0.2) is 18.9 Å². The summed E-state index contributed by atoms with van der Waals surface area (Å²) in [4.78, 5) is 11.9. The third-order valence-corrected chi connectivity index (χ3v) is 2.56. The van der Waals surface area contributed by atoms with Crippen LogP contribution < -0.4 is 4.74 Å². The number of hydrogen-bond donors (Lipinski definition) is 0. The Morgan fingerprint density at radius 3 is 2.78 bits per heavy atom. The van der Waals surface area contributed by atoms with Gasteiger partial charge in [-0.15, -0.1) is 0 Å². The van der Waals surface area contributed by atoms with E-state index in [1.165, 1.54) is 0 Å². The van der Waals surface area contributed by atoms with Crippen molar-refractivity contribution in [2.45, 2.75) is 26.1 Å². The van der Waals surface area contributed by atoms with Crippen molar-refractivity contribution in [2.75, 3.05) is 6.61 Å². The summed E-state index contributed by atoms with van der Waals surface area (Å²) in [5, 5.41) is 0. The second kappa shape index (κ2) is 6.21. The van der Waals surface area contributed by atoms with Gasteiger partial charge in [-0.25, -0.2) is 4.79 Å². The normalized spacial score (nSPS) is 19.6. The van der Waals surface area contributed by atoms with E-state index in [0.29, 0.717) is 12.4 Å². The van der Waals surface area contributed by atoms with Gasteiger partial charge in [0.25, 0.3) is 0 Å². The predicted octanol–water partition coefficient (Wildman–Crippen LogP) is 2.65. The van der Waals surface area contributed by atoms with E-state index in [1.54, 1.807) is 37.3 Å². The Labute approximate surface area is 106 Å². The molecule has 1 aromatic carbocycles. The van der Waals surface area contributed by atoms with Gasteiger partial charge in [-0.05, 0) is 31.6 Å². The summed E-state index contributed by atoms with van der Waals surface area (Å²) >= 11 is 0. The van der Waals surface area contributed by atoms with Gasteiger partial charge in [0.15, 0.2) is 6.29 Å². The first-order chi connectivity index (χ1) is 8.79. The summed E-state index contributed by atoms with van der Waals surface area (Å²) < 4.78 is 16.0. The molecule has 2 rings (SSSR count). The highest BCUT2D eigenvalue weighted by molar-refractivity contribution is 5.88. The Bertz CT molecular complexity index is 419. The molecule has 0 N–H and O–H groups in total. The summed E-state index contributed by atoms with van der Waals surface area (Å²) in [6.07, 6.45) is 3.01. The molecule has 1 saturated heterocycles. The van der Waals surface area contributed by atoms with Crippen molar-refractivity contribution >= 4 is 5.97 Å². The summed E-state index contributed by atoms with van der Waals surface area (Å²) in [6, 6.07) is 8.91. The molecule has 1 aliphatic rings. The smallest absolute Gasteiger partial charge is 0.378 e. The lowest BCUT2D eigenvalue weighted by atomic mass is 10.3. The number of para-hydroxylation sites is 1. The standard InChI is InChI=1S/C14H16O4/c1-2-12(18-13-9-6-10-16-13)14(15)17-11-7-4-3-5-8-11/h2-5,7-8,13H,6,9-10H2,1H3/b12-2+/t13-/m1/s1. The highest BCUT2D eigenvalue weighted by atomic mass is 16.7. The van der Waals surface area contributed by atoms with E-state index in [9.17, 15) is 4.79 Å². The maximum Gasteiger partial charge on any atom is 0.378 e. The molecule has 0 saturated carbocycles. The largest absolute Gasteiger partial charge is 0.458 e. The van der Waals surface area contributed by atoms with Gasteiger partial charge in [0.05, 0.1) is 6.61 Å². The number of carbonyl (C=O) groups is 1. The molecule has 0 aromatic heterocycles. The van der Waals surface area contributed by atoms with Crippen molar-refractivity contribution in [3.8, 4) is 5.75 Å². The van der Waals surface area contributed by atoms with Crippen molar-refractivity contribution in [2.24, 2.45) is 0 Å². The van der Waals surface area contributed by atoms with Gasteiger partial charge < -0.3 is 14.2 Å². The van der Waals surface area contributed by atoms with E-state index in [1.807, 2.05) is 6.07 Å². The zero-order valence-electron chi connectivity index (χ0n) is 10.3. The molecule has 1 heterocycles. The molecule has 4 nitrogen and oxygen atoms in total. The van der Waals surface area contributed by atoms with Crippen molar-refractivity contribution in [1.29, 1.82) is 0 Å². The summed E-state index contributed by atoms with van der Waals surface area (Å²) in [6.45, 7) is 2.41. The maximum atomic E-state index is 11.9. The van der Waals surface area contributed by atoms with Crippen molar-refractivity contribution in [3.63, 3.8) is 0 Å². The zero-order chi connectivity index (χ0) is 12.8. The van der Waals surface area contributed by atoms with Gasteiger partial charge in [-0.2, -0.15) is 0 Å². The zero-order valence-corrected chi connectivity index (χ0v) is 10.3. The molecule has 0 bridgehead atoms. The molecule has 0 amide bonds. The lowest BCUT2D eigenvalue weighted by molar-refractivity contribution is -0.142. The summed E-state index contributed by atoms with van der Waals surface area (Å²) in [7, 11) is 0. The van der Waals surface area contributed by atoms with Crippen LogP contribution in [0.3, 0.4) is 0 Å². The molecular formula is C14H16O4. The van der Waals surface area contributed by atoms with E-state index >= 15 is 0 Å². The lowest BCUT2D eigenvalue weighted by Gasteiger charge is -2.14. The van der Waals surface area contributed by atoms with E-state index in [0.717, 1.165) is 12.8 Å². The molecule has 1 aliphatic heterocycles. The van der Waals surface area contributed by atoms with Gasteiger partial charge in [-0.1, -0.05) is 18.2 Å². The quantitative estimate of drug-likeness (QED) is 0.355. The average Bonchev–Trinajstić information content (AvgIpc) is 2.90. The minimum Gasteiger partial charge on any atom is -0.458 e. The lowest BCUT2D eigenvalue weighted by Crippen LogP contribution is -2.19. The molecule has 0 radical (unpaired) electrons. The molecule has 1 fully saturated rings. The number of ether oxygens (including phenoxy) is 3. The first-order valence-electron chi connectivity index (χ1n) is 6.01. The topological polar surface area (TPSA) is 44.8 Å². The fourth-order valence-corrected chi connectivity index (χ4v) is 1.66. The molecule has 0 aliphatic carbocycles. The molecule has 1 aromatic rings. The summed E-state index contributed by atoms with van der Waals surface area (Å²) in [5.74, 6) is 0.183. The minimum absolute atomic E-state index is 0.186.